The van der Waals surface area contributed by atoms with Crippen LogP contribution >= 0.6 is 0 Å². The molecule has 0 amide bonds. The molecule has 0 atom stereocenters. The van der Waals surface area contributed by atoms with E-state index in [0.29, 0.717) is 28.0 Å². The van der Waals surface area contributed by atoms with Crippen LogP contribution in [0.4, 0.5) is 11.4 Å². The Morgan fingerprint density at radius 1 is 0.958 bits per heavy atom. The fourth-order valence-electron chi connectivity index (χ4n) is 2.47. The number of aromatic nitrogens is 1. The molecule has 24 heavy (non-hydrogen) atoms. The smallest absolute Gasteiger partial charge is 0.0732 e. The Hall–Kier alpha value is -3.41. The number of rotatable bonds is 4. The standard InChI is InChI=1S/C18H14N2O4/c1-10-7-15(20-13-4-2-3-11(8-13)17(21)22)14-6-5-12(18(23)24)9-16(14)19-10/h2-9H,1H3,(H,19,20)(H,21,22)(H,23,24)/p-2. The number of aryl methyl sites for hydroxylation is 1. The number of carbonyl (C=O) groups is 2. The zero-order chi connectivity index (χ0) is 17.3. The molecule has 0 bridgehead atoms. The van der Waals surface area contributed by atoms with Gasteiger partial charge in [0.25, 0.3) is 0 Å². The van der Waals surface area contributed by atoms with Crippen LogP contribution in [0.25, 0.3) is 10.9 Å². The minimum Gasteiger partial charge on any atom is -0.545 e. The summed E-state index contributed by atoms with van der Waals surface area (Å²) in [7, 11) is 0. The number of benzene rings is 2. The van der Waals surface area contributed by atoms with Crippen molar-refractivity contribution in [2.75, 3.05) is 5.32 Å². The van der Waals surface area contributed by atoms with Gasteiger partial charge in [0.05, 0.1) is 17.5 Å². The van der Waals surface area contributed by atoms with Gasteiger partial charge in [-0.05, 0) is 42.3 Å². The Morgan fingerprint density at radius 3 is 2.38 bits per heavy atom. The van der Waals surface area contributed by atoms with Crippen molar-refractivity contribution >= 4 is 34.2 Å². The number of pyridine rings is 1. The van der Waals surface area contributed by atoms with Crippen LogP contribution in [0, 0.1) is 6.92 Å². The van der Waals surface area contributed by atoms with Crippen molar-refractivity contribution < 1.29 is 19.8 Å². The molecule has 0 saturated carbocycles. The number of fused-ring (bicyclic) bond motifs is 1. The number of nitrogens with one attached hydrogen (secondary N) is 1. The van der Waals surface area contributed by atoms with Crippen LogP contribution in [-0.4, -0.2) is 16.9 Å². The Labute approximate surface area is 137 Å². The van der Waals surface area contributed by atoms with Gasteiger partial charge in [-0.3, -0.25) is 4.98 Å². The van der Waals surface area contributed by atoms with Gasteiger partial charge in [0.2, 0.25) is 0 Å². The average Bonchev–Trinajstić information content (AvgIpc) is 2.54. The van der Waals surface area contributed by atoms with Gasteiger partial charge in [0.15, 0.2) is 0 Å². The summed E-state index contributed by atoms with van der Waals surface area (Å²) < 4.78 is 0. The maximum atomic E-state index is 11.0. The van der Waals surface area contributed by atoms with E-state index < -0.39 is 11.9 Å². The van der Waals surface area contributed by atoms with Crippen LogP contribution in [0.15, 0.2) is 48.5 Å². The number of carbonyl (C=O) groups excluding carboxylic acids is 2. The fraction of sp³-hybridized carbons (Fsp3) is 0.0556. The minimum absolute atomic E-state index is 0.0468. The molecule has 1 N–H and O–H groups in total. The first kappa shape index (κ1) is 15.5. The lowest BCUT2D eigenvalue weighted by Gasteiger charge is -2.13. The Bertz CT molecular complexity index is 966. The van der Waals surface area contributed by atoms with Crippen LogP contribution in [0.3, 0.4) is 0 Å². The van der Waals surface area contributed by atoms with Gasteiger partial charge < -0.3 is 25.1 Å². The Morgan fingerprint density at radius 2 is 1.67 bits per heavy atom. The summed E-state index contributed by atoms with van der Waals surface area (Å²) in [6.07, 6.45) is 0. The summed E-state index contributed by atoms with van der Waals surface area (Å²) in [6.45, 7) is 1.79. The van der Waals surface area contributed by atoms with Gasteiger partial charge >= 0.3 is 0 Å². The molecule has 3 aromatic rings. The molecule has 0 unspecified atom stereocenters. The van der Waals surface area contributed by atoms with Crippen LogP contribution in [0.2, 0.25) is 0 Å². The molecule has 6 nitrogen and oxygen atoms in total. The van der Waals surface area contributed by atoms with Gasteiger partial charge in [-0.15, -0.1) is 0 Å². The predicted molar refractivity (Wildman–Crippen MR) is 84.9 cm³/mol. The van der Waals surface area contributed by atoms with Crippen LogP contribution < -0.4 is 15.5 Å². The monoisotopic (exact) mass is 320 g/mol. The van der Waals surface area contributed by atoms with E-state index in [0.717, 1.165) is 0 Å². The number of hydrogen-bond donors (Lipinski definition) is 1. The van der Waals surface area contributed by atoms with Gasteiger partial charge in [0, 0.05) is 22.5 Å². The van der Waals surface area contributed by atoms with Gasteiger partial charge in [-0.1, -0.05) is 24.3 Å². The van der Waals surface area contributed by atoms with Crippen molar-refractivity contribution in [2.24, 2.45) is 0 Å². The molecule has 3 rings (SSSR count). The van der Waals surface area contributed by atoms with Crippen LogP contribution in [-0.2, 0) is 0 Å². The van der Waals surface area contributed by atoms with Crippen molar-refractivity contribution in [1.82, 2.24) is 4.98 Å². The number of aromatic carboxylic acids is 2. The molecule has 0 aliphatic rings. The normalized spacial score (nSPS) is 10.5. The van der Waals surface area contributed by atoms with Crippen molar-refractivity contribution in [3.8, 4) is 0 Å². The Balaban J connectivity index is 2.07. The third-order valence-electron chi connectivity index (χ3n) is 3.55. The summed E-state index contributed by atoms with van der Waals surface area (Å²) in [5.74, 6) is -2.52. The molecule has 0 saturated heterocycles. The second kappa shape index (κ2) is 6.00. The quantitative estimate of drug-likeness (QED) is 0.769. The minimum atomic E-state index is -1.27. The highest BCUT2D eigenvalue weighted by Crippen LogP contribution is 2.27. The average molecular weight is 320 g/mol. The van der Waals surface area contributed by atoms with Gasteiger partial charge in [-0.25, -0.2) is 0 Å². The second-order valence-corrected chi connectivity index (χ2v) is 5.32. The maximum Gasteiger partial charge on any atom is 0.0732 e. The molecule has 1 aromatic heterocycles. The topological polar surface area (TPSA) is 105 Å². The molecular formula is C18H12N2O4-2. The summed E-state index contributed by atoms with van der Waals surface area (Å²) >= 11 is 0. The van der Waals surface area contributed by atoms with Gasteiger partial charge in [0.1, 0.15) is 0 Å². The summed E-state index contributed by atoms with van der Waals surface area (Å²) in [5.41, 5.74) is 2.58. The summed E-state index contributed by atoms with van der Waals surface area (Å²) in [5, 5.41) is 25.8. The van der Waals surface area contributed by atoms with Crippen LogP contribution in [0.5, 0.6) is 0 Å². The molecule has 0 fully saturated rings. The van der Waals surface area contributed by atoms with E-state index in [2.05, 4.69) is 10.3 Å². The van der Waals surface area contributed by atoms with Crippen LogP contribution in [0.1, 0.15) is 26.4 Å². The zero-order valence-corrected chi connectivity index (χ0v) is 12.7. The van der Waals surface area contributed by atoms with Gasteiger partial charge in [-0.2, -0.15) is 0 Å². The SMILES string of the molecule is Cc1cc(Nc2cccc(C(=O)[O-])c2)c2ccc(C(=O)[O-])cc2n1. The molecular weight excluding hydrogens is 308 g/mol. The van der Waals surface area contributed by atoms with Crippen molar-refractivity contribution in [3.63, 3.8) is 0 Å². The van der Waals surface area contributed by atoms with Crippen molar-refractivity contribution in [1.29, 1.82) is 0 Å². The number of nitrogens with zero attached hydrogens (tertiary/aromatic N) is 1. The van der Waals surface area contributed by atoms with E-state index in [4.69, 9.17) is 0 Å². The molecule has 6 heteroatoms. The number of hydrogen-bond acceptors (Lipinski definition) is 6. The van der Waals surface area contributed by atoms with E-state index in [-0.39, 0.29) is 11.1 Å². The third-order valence-corrected chi connectivity index (χ3v) is 3.55. The number of carboxylic acids is 2. The Kier molecular flexibility index (Phi) is 3.87. The second-order valence-electron chi connectivity index (χ2n) is 5.32. The lowest BCUT2D eigenvalue weighted by Crippen LogP contribution is -2.22. The molecule has 0 radical (unpaired) electrons. The summed E-state index contributed by atoms with van der Waals surface area (Å²) in [4.78, 5) is 26.3. The zero-order valence-electron chi connectivity index (χ0n) is 12.7. The number of anilines is 2. The van der Waals surface area contributed by atoms with Crippen molar-refractivity contribution in [2.45, 2.75) is 6.92 Å². The number of carboxylic acid groups (broad SMARTS) is 2. The molecule has 0 aliphatic heterocycles. The lowest BCUT2D eigenvalue weighted by atomic mass is 10.1. The predicted octanol–water partition coefficient (Wildman–Crippen LogP) is 1.01. The third kappa shape index (κ3) is 3.03. The highest BCUT2D eigenvalue weighted by atomic mass is 16.4. The first-order valence-corrected chi connectivity index (χ1v) is 7.15. The highest BCUT2D eigenvalue weighted by molar-refractivity contribution is 5.98. The first-order chi connectivity index (χ1) is 11.4. The largest absolute Gasteiger partial charge is 0.545 e. The lowest BCUT2D eigenvalue weighted by molar-refractivity contribution is -0.256. The first-order valence-electron chi connectivity index (χ1n) is 7.15. The molecule has 120 valence electrons. The molecule has 0 aliphatic carbocycles. The van der Waals surface area contributed by atoms with E-state index in [1.807, 2.05) is 0 Å². The molecule has 0 spiro atoms. The summed E-state index contributed by atoms with van der Waals surface area (Å²) in [6, 6.07) is 12.6. The fourth-order valence-corrected chi connectivity index (χ4v) is 2.47. The van der Waals surface area contributed by atoms with E-state index >= 15 is 0 Å². The van der Waals surface area contributed by atoms with E-state index in [9.17, 15) is 19.8 Å². The van der Waals surface area contributed by atoms with Crippen molar-refractivity contribution in [3.05, 3.63) is 65.4 Å². The maximum absolute atomic E-state index is 11.0. The molecule has 1 heterocycles. The van der Waals surface area contributed by atoms with E-state index in [1.165, 1.54) is 24.3 Å². The highest BCUT2D eigenvalue weighted by Gasteiger charge is 2.07. The molecule has 2 aromatic carbocycles. The van der Waals surface area contributed by atoms with E-state index in [1.54, 1.807) is 31.2 Å².